The predicted octanol–water partition coefficient (Wildman–Crippen LogP) is 3.22. The molecule has 0 saturated carbocycles. The molecule has 2 aliphatic heterocycles. The summed E-state index contributed by atoms with van der Waals surface area (Å²) in [6.45, 7) is 2.90. The Kier molecular flexibility index (Phi) is 7.08. The average Bonchev–Trinajstić information content (AvgIpc) is 3.48. The number of aromatic hydroxyl groups is 1. The van der Waals surface area contributed by atoms with Crippen LogP contribution in [-0.4, -0.2) is 61.3 Å². The molecule has 2 unspecified atom stereocenters. The molecule has 14 heteroatoms. The number of pyridine rings is 1. The molecule has 218 valence electrons. The number of nitrogens with zero attached hydrogens (tertiary/aromatic N) is 5. The molecule has 4 N–H and O–H groups in total. The average molecular weight is 612 g/mol. The summed E-state index contributed by atoms with van der Waals surface area (Å²) >= 11 is 12.6. The van der Waals surface area contributed by atoms with Gasteiger partial charge in [0.1, 0.15) is 29.6 Å². The lowest BCUT2D eigenvalue weighted by molar-refractivity contribution is -0.116. The summed E-state index contributed by atoms with van der Waals surface area (Å²) in [5.74, 6) is -0.641. The largest absolute Gasteiger partial charge is 0.506 e. The molecule has 1 aromatic carbocycles. The summed E-state index contributed by atoms with van der Waals surface area (Å²) in [6, 6.07) is 4.50. The van der Waals surface area contributed by atoms with E-state index in [-0.39, 0.29) is 51.0 Å². The predicted molar refractivity (Wildman–Crippen MR) is 158 cm³/mol. The van der Waals surface area contributed by atoms with Gasteiger partial charge in [0.05, 0.1) is 45.1 Å². The smallest absolute Gasteiger partial charge is 0.263 e. The van der Waals surface area contributed by atoms with Crippen LogP contribution in [0, 0.1) is 6.92 Å². The first-order chi connectivity index (χ1) is 20.0. The second-order valence-electron chi connectivity index (χ2n) is 10.5. The van der Waals surface area contributed by atoms with Crippen molar-refractivity contribution in [3.8, 4) is 16.9 Å². The second kappa shape index (κ2) is 10.6. The monoisotopic (exact) mass is 611 g/mol. The van der Waals surface area contributed by atoms with Crippen molar-refractivity contribution < 1.29 is 19.4 Å². The zero-order valence-electron chi connectivity index (χ0n) is 22.7. The number of ether oxygens (including phenoxy) is 1. The molecule has 3 aromatic heterocycles. The summed E-state index contributed by atoms with van der Waals surface area (Å²) in [5, 5.41) is 13.4. The fourth-order valence-electron chi connectivity index (χ4n) is 5.54. The number of nitrogens with two attached hydrogens (primary N) is 1. The Bertz CT molecular complexity index is 1820. The number of amides is 2. The number of anilines is 2. The maximum atomic E-state index is 13.4. The van der Waals surface area contributed by atoms with Gasteiger partial charge in [0, 0.05) is 38.0 Å². The van der Waals surface area contributed by atoms with E-state index in [0.29, 0.717) is 28.5 Å². The van der Waals surface area contributed by atoms with Crippen LogP contribution in [0.4, 0.5) is 11.5 Å². The van der Waals surface area contributed by atoms with Crippen molar-refractivity contribution >= 4 is 57.6 Å². The lowest BCUT2D eigenvalue weighted by Gasteiger charge is -2.33. The number of primary amides is 1. The van der Waals surface area contributed by atoms with Crippen LogP contribution in [-0.2, 0) is 23.1 Å². The van der Waals surface area contributed by atoms with E-state index in [1.165, 1.54) is 27.5 Å². The molecule has 2 amide bonds. The molecular weight excluding hydrogens is 585 g/mol. The van der Waals surface area contributed by atoms with Crippen LogP contribution in [0.5, 0.6) is 5.75 Å². The number of carbonyl (C=O) groups excluding carboxylic acids is 2. The molecule has 0 spiro atoms. The SMILES string of the molecule is Cc1nc2c(c(-c3cc(Cl)c(O)c(C(N)=O)c3)cn2CC(=O)Nc2cc(N3CC4CCC(C3)O4)ncc2Cl)c(=O)n1C. The normalized spacial score (nSPS) is 18.0. The number of nitrogens with one attached hydrogen (secondary N) is 1. The Balaban J connectivity index is 1.35. The van der Waals surface area contributed by atoms with Gasteiger partial charge in [0.25, 0.3) is 11.5 Å². The van der Waals surface area contributed by atoms with Crippen molar-refractivity contribution in [3.05, 3.63) is 62.4 Å². The summed E-state index contributed by atoms with van der Waals surface area (Å²) in [5.41, 5.74) is 6.23. The number of halogens is 2. The molecule has 2 bridgehead atoms. The maximum absolute atomic E-state index is 13.4. The van der Waals surface area contributed by atoms with Gasteiger partial charge in [-0.05, 0) is 37.5 Å². The molecule has 2 fully saturated rings. The highest BCUT2D eigenvalue weighted by atomic mass is 35.5. The van der Waals surface area contributed by atoms with Crippen LogP contribution in [0.15, 0.2) is 35.4 Å². The first kappa shape index (κ1) is 28.0. The summed E-state index contributed by atoms with van der Waals surface area (Å²) in [4.78, 5) is 49.8. The molecule has 42 heavy (non-hydrogen) atoms. The number of fused-ring (bicyclic) bond motifs is 3. The number of morpholine rings is 1. The van der Waals surface area contributed by atoms with E-state index in [1.807, 2.05) is 0 Å². The van der Waals surface area contributed by atoms with Gasteiger partial charge in [-0.2, -0.15) is 0 Å². The second-order valence-corrected chi connectivity index (χ2v) is 11.4. The van der Waals surface area contributed by atoms with E-state index in [0.717, 1.165) is 25.9 Å². The minimum atomic E-state index is -0.889. The highest BCUT2D eigenvalue weighted by molar-refractivity contribution is 6.34. The minimum Gasteiger partial charge on any atom is -0.506 e. The third-order valence-electron chi connectivity index (χ3n) is 7.76. The molecular formula is C28H27Cl2N7O5. The lowest BCUT2D eigenvalue weighted by Crippen LogP contribution is -2.43. The standard InChI is InChI=1S/C28H27Cl2N7O5/c1-13-33-27-24(28(41)35(13)2)18(14-5-17(26(31)40)25(39)19(29)6-14)11-37(27)12-23(38)34-21-7-22(32-8-20(21)30)36-9-15-3-4-16(10-36)42-15/h5-8,11,15-16,39H,3-4,9-10,12H2,1-2H3,(H2,31,40)(H,32,34,38). The van der Waals surface area contributed by atoms with E-state index in [4.69, 9.17) is 33.7 Å². The van der Waals surface area contributed by atoms with Crippen LogP contribution in [0.3, 0.4) is 0 Å². The third-order valence-corrected chi connectivity index (χ3v) is 8.35. The number of aryl methyl sites for hydroxylation is 1. The Morgan fingerprint density at radius 3 is 2.57 bits per heavy atom. The summed E-state index contributed by atoms with van der Waals surface area (Å²) in [7, 11) is 1.58. The van der Waals surface area contributed by atoms with Gasteiger partial charge in [-0.3, -0.25) is 19.0 Å². The number of carbonyl (C=O) groups is 2. The third kappa shape index (κ3) is 4.95. The number of hydrogen-bond donors (Lipinski definition) is 3. The van der Waals surface area contributed by atoms with Crippen LogP contribution in [0.1, 0.15) is 29.0 Å². The Morgan fingerprint density at radius 2 is 1.88 bits per heavy atom. The van der Waals surface area contributed by atoms with Crippen molar-refractivity contribution in [2.75, 3.05) is 23.3 Å². The van der Waals surface area contributed by atoms with Crippen LogP contribution in [0.25, 0.3) is 22.2 Å². The minimum absolute atomic E-state index is 0.117. The van der Waals surface area contributed by atoms with Crippen LogP contribution >= 0.6 is 23.2 Å². The topological polar surface area (TPSA) is 158 Å². The van der Waals surface area contributed by atoms with Crippen molar-refractivity contribution in [2.24, 2.45) is 12.8 Å². The molecule has 0 aliphatic carbocycles. The Labute approximate surface area is 249 Å². The van der Waals surface area contributed by atoms with Crippen molar-refractivity contribution in [1.29, 1.82) is 0 Å². The Hall–Kier alpha value is -4.13. The van der Waals surface area contributed by atoms with Gasteiger partial charge < -0.3 is 30.4 Å². The van der Waals surface area contributed by atoms with Gasteiger partial charge in [0.2, 0.25) is 5.91 Å². The van der Waals surface area contributed by atoms with Crippen LogP contribution < -0.4 is 21.5 Å². The van der Waals surface area contributed by atoms with Crippen molar-refractivity contribution in [2.45, 2.75) is 38.5 Å². The van der Waals surface area contributed by atoms with Gasteiger partial charge in [-0.15, -0.1) is 0 Å². The first-order valence-electron chi connectivity index (χ1n) is 13.2. The molecule has 2 saturated heterocycles. The maximum Gasteiger partial charge on any atom is 0.263 e. The van der Waals surface area contributed by atoms with E-state index >= 15 is 0 Å². The zero-order valence-corrected chi connectivity index (χ0v) is 24.2. The number of benzene rings is 1. The van der Waals surface area contributed by atoms with Crippen molar-refractivity contribution in [1.82, 2.24) is 19.1 Å². The quantitative estimate of drug-likeness (QED) is 0.300. The van der Waals surface area contributed by atoms with Gasteiger partial charge in [-0.25, -0.2) is 9.97 Å². The molecule has 2 atom stereocenters. The Morgan fingerprint density at radius 1 is 1.17 bits per heavy atom. The molecule has 5 heterocycles. The van der Waals surface area contributed by atoms with E-state index in [2.05, 4.69) is 20.2 Å². The lowest BCUT2D eigenvalue weighted by atomic mass is 10.0. The van der Waals surface area contributed by atoms with E-state index < -0.39 is 17.6 Å². The van der Waals surface area contributed by atoms with Gasteiger partial charge in [-0.1, -0.05) is 23.2 Å². The first-order valence-corrected chi connectivity index (χ1v) is 14.0. The summed E-state index contributed by atoms with van der Waals surface area (Å²) in [6.07, 6.45) is 5.45. The number of phenols is 1. The number of hydrogen-bond acceptors (Lipinski definition) is 8. The fraction of sp³-hybridized carbons (Fsp3) is 0.321. The highest BCUT2D eigenvalue weighted by Gasteiger charge is 2.34. The fourth-order valence-corrected chi connectivity index (χ4v) is 5.91. The molecule has 2 aliphatic rings. The van der Waals surface area contributed by atoms with Crippen molar-refractivity contribution in [3.63, 3.8) is 0 Å². The number of aromatic nitrogens is 4. The van der Waals surface area contributed by atoms with E-state index in [1.54, 1.807) is 26.2 Å². The zero-order chi connectivity index (χ0) is 29.9. The summed E-state index contributed by atoms with van der Waals surface area (Å²) < 4.78 is 8.83. The molecule has 0 radical (unpaired) electrons. The van der Waals surface area contributed by atoms with Gasteiger partial charge in [0.15, 0.2) is 0 Å². The highest BCUT2D eigenvalue weighted by Crippen LogP contribution is 2.36. The van der Waals surface area contributed by atoms with Crippen LogP contribution in [0.2, 0.25) is 10.0 Å². The van der Waals surface area contributed by atoms with Gasteiger partial charge >= 0.3 is 0 Å². The molecule has 12 nitrogen and oxygen atoms in total. The molecule has 6 rings (SSSR count). The number of rotatable bonds is 6. The van der Waals surface area contributed by atoms with E-state index in [9.17, 15) is 19.5 Å². The molecule has 4 aromatic rings.